The number of rotatable bonds is 11. The van der Waals surface area contributed by atoms with Gasteiger partial charge in [-0.05, 0) is 68.6 Å². The van der Waals surface area contributed by atoms with E-state index in [0.29, 0.717) is 12.5 Å². The van der Waals surface area contributed by atoms with Crippen LogP contribution in [0.4, 0.5) is 0 Å². The van der Waals surface area contributed by atoms with E-state index < -0.39 is 0 Å². The smallest absolute Gasteiger partial charge is 0.231 e. The lowest BCUT2D eigenvalue weighted by molar-refractivity contribution is 0.242. The number of nitrogens with zero attached hydrogens (tertiary/aromatic N) is 4. The quantitative estimate of drug-likeness (QED) is 0.454. The second-order valence-corrected chi connectivity index (χ2v) is 7.59. The third-order valence-electron chi connectivity index (χ3n) is 5.43. The summed E-state index contributed by atoms with van der Waals surface area (Å²) in [5, 5.41) is 4.65. The molecule has 29 heavy (non-hydrogen) atoms. The second-order valence-electron chi connectivity index (χ2n) is 7.59. The van der Waals surface area contributed by atoms with E-state index in [4.69, 9.17) is 9.47 Å². The molecule has 0 radical (unpaired) electrons. The van der Waals surface area contributed by atoms with Crippen molar-refractivity contribution < 1.29 is 9.47 Å². The average molecular weight is 395 g/mol. The Labute approximate surface area is 172 Å². The molecule has 0 aliphatic heterocycles. The maximum atomic E-state index is 5.89. The van der Waals surface area contributed by atoms with Crippen LogP contribution < -0.4 is 9.47 Å². The highest BCUT2D eigenvalue weighted by Crippen LogP contribution is 2.30. The maximum absolute atomic E-state index is 5.89. The van der Waals surface area contributed by atoms with Gasteiger partial charge in [0.15, 0.2) is 5.65 Å². The summed E-state index contributed by atoms with van der Waals surface area (Å²) in [7, 11) is 0. The number of aromatic nitrogens is 3. The summed E-state index contributed by atoms with van der Waals surface area (Å²) < 4.78 is 13.6. The second kappa shape index (κ2) is 9.27. The van der Waals surface area contributed by atoms with Gasteiger partial charge < -0.3 is 14.4 Å². The SMILES string of the molecule is CCN(CC)CCCOc1ccc2ncc(-c3ccc(OCC4CC4)cc3)n2n1. The van der Waals surface area contributed by atoms with Gasteiger partial charge in [0.1, 0.15) is 5.75 Å². The van der Waals surface area contributed by atoms with Gasteiger partial charge in [-0.1, -0.05) is 13.8 Å². The van der Waals surface area contributed by atoms with Crippen LogP contribution in [0.25, 0.3) is 16.9 Å². The van der Waals surface area contributed by atoms with Crippen LogP contribution in [0.15, 0.2) is 42.6 Å². The average Bonchev–Trinajstić information content (AvgIpc) is 3.50. The van der Waals surface area contributed by atoms with Crippen molar-refractivity contribution in [1.82, 2.24) is 19.5 Å². The fraction of sp³-hybridized carbons (Fsp3) is 0.478. The molecule has 154 valence electrons. The summed E-state index contributed by atoms with van der Waals surface area (Å²) in [6, 6.07) is 12.0. The molecule has 0 saturated heterocycles. The topological polar surface area (TPSA) is 51.9 Å². The van der Waals surface area contributed by atoms with Crippen molar-refractivity contribution in [2.24, 2.45) is 5.92 Å². The van der Waals surface area contributed by atoms with Gasteiger partial charge in [0.05, 0.1) is 25.1 Å². The van der Waals surface area contributed by atoms with E-state index in [1.54, 1.807) is 0 Å². The fourth-order valence-electron chi connectivity index (χ4n) is 3.36. The predicted octanol–water partition coefficient (Wildman–Crippen LogP) is 4.30. The van der Waals surface area contributed by atoms with Gasteiger partial charge in [-0.25, -0.2) is 9.50 Å². The van der Waals surface area contributed by atoms with E-state index in [1.807, 2.05) is 35.0 Å². The largest absolute Gasteiger partial charge is 0.493 e. The Morgan fingerprint density at radius 3 is 2.55 bits per heavy atom. The van der Waals surface area contributed by atoms with Crippen molar-refractivity contribution >= 4 is 5.65 Å². The van der Waals surface area contributed by atoms with Crippen molar-refractivity contribution in [2.75, 3.05) is 32.8 Å². The third-order valence-corrected chi connectivity index (χ3v) is 5.43. The molecule has 0 amide bonds. The van der Waals surface area contributed by atoms with E-state index in [-0.39, 0.29) is 0 Å². The molecule has 6 heteroatoms. The Kier molecular flexibility index (Phi) is 6.30. The zero-order chi connectivity index (χ0) is 20.1. The number of benzene rings is 1. The standard InChI is InChI=1S/C23H30N4O2/c1-3-26(4-2)14-5-15-28-23-13-12-22-24-16-21(27(22)25-23)19-8-10-20(11-9-19)29-17-18-6-7-18/h8-13,16,18H,3-7,14-15,17H2,1-2H3. The monoisotopic (exact) mass is 394 g/mol. The zero-order valence-electron chi connectivity index (χ0n) is 17.4. The van der Waals surface area contributed by atoms with Crippen LogP contribution in [0.1, 0.15) is 33.1 Å². The lowest BCUT2D eigenvalue weighted by atomic mass is 10.1. The normalized spacial score (nSPS) is 13.9. The first-order valence-corrected chi connectivity index (χ1v) is 10.7. The summed E-state index contributed by atoms with van der Waals surface area (Å²) in [6.45, 7) is 9.05. The van der Waals surface area contributed by atoms with Crippen molar-refractivity contribution in [3.8, 4) is 22.9 Å². The Morgan fingerprint density at radius 1 is 1.03 bits per heavy atom. The lowest BCUT2D eigenvalue weighted by Gasteiger charge is -2.17. The molecular formula is C23H30N4O2. The molecule has 1 aliphatic rings. The van der Waals surface area contributed by atoms with Crippen LogP contribution in [-0.2, 0) is 0 Å². The molecule has 2 aromatic heterocycles. The van der Waals surface area contributed by atoms with Crippen molar-refractivity contribution in [3.05, 3.63) is 42.6 Å². The van der Waals surface area contributed by atoms with Gasteiger partial charge in [-0.2, -0.15) is 0 Å². The predicted molar refractivity (Wildman–Crippen MR) is 115 cm³/mol. The molecule has 1 aliphatic carbocycles. The van der Waals surface area contributed by atoms with Crippen molar-refractivity contribution in [2.45, 2.75) is 33.1 Å². The summed E-state index contributed by atoms with van der Waals surface area (Å²) in [5.74, 6) is 2.29. The highest BCUT2D eigenvalue weighted by atomic mass is 16.5. The third kappa shape index (κ3) is 5.07. The van der Waals surface area contributed by atoms with Crippen molar-refractivity contribution in [3.63, 3.8) is 0 Å². The molecule has 6 nitrogen and oxygen atoms in total. The van der Waals surface area contributed by atoms with E-state index in [2.05, 4.69) is 41.0 Å². The molecule has 2 heterocycles. The summed E-state index contributed by atoms with van der Waals surface area (Å²) in [4.78, 5) is 6.87. The molecule has 0 atom stereocenters. The fourth-order valence-corrected chi connectivity index (χ4v) is 3.36. The molecule has 1 saturated carbocycles. The summed E-state index contributed by atoms with van der Waals surface area (Å²) >= 11 is 0. The van der Waals surface area contributed by atoms with E-state index >= 15 is 0 Å². The minimum atomic E-state index is 0.626. The molecule has 0 N–H and O–H groups in total. The molecule has 4 rings (SSSR count). The van der Waals surface area contributed by atoms with Crippen LogP contribution in [-0.4, -0.2) is 52.3 Å². The highest BCUT2D eigenvalue weighted by molar-refractivity contribution is 5.63. The van der Waals surface area contributed by atoms with Crippen LogP contribution in [0, 0.1) is 5.92 Å². The van der Waals surface area contributed by atoms with Crippen LogP contribution in [0.2, 0.25) is 0 Å². The van der Waals surface area contributed by atoms with Crippen LogP contribution in [0.3, 0.4) is 0 Å². The minimum absolute atomic E-state index is 0.626. The zero-order valence-corrected chi connectivity index (χ0v) is 17.4. The number of ether oxygens (including phenoxy) is 2. The molecule has 1 aromatic carbocycles. The first-order valence-electron chi connectivity index (χ1n) is 10.7. The Bertz CT molecular complexity index is 914. The molecule has 0 bridgehead atoms. The number of hydrogen-bond donors (Lipinski definition) is 0. The van der Waals surface area contributed by atoms with Gasteiger partial charge in [-0.15, -0.1) is 5.10 Å². The maximum Gasteiger partial charge on any atom is 0.231 e. The molecule has 1 fully saturated rings. The number of fused-ring (bicyclic) bond motifs is 1. The van der Waals surface area contributed by atoms with Gasteiger partial charge in [0, 0.05) is 18.2 Å². The van der Waals surface area contributed by atoms with E-state index in [9.17, 15) is 0 Å². The Balaban J connectivity index is 1.41. The van der Waals surface area contributed by atoms with E-state index in [1.165, 1.54) is 12.8 Å². The van der Waals surface area contributed by atoms with E-state index in [0.717, 1.165) is 61.2 Å². The first-order chi connectivity index (χ1) is 14.3. The molecule has 0 unspecified atom stereocenters. The van der Waals surface area contributed by atoms with Gasteiger partial charge >= 0.3 is 0 Å². The summed E-state index contributed by atoms with van der Waals surface area (Å²) in [6.07, 6.45) is 5.43. The lowest BCUT2D eigenvalue weighted by Crippen LogP contribution is -2.25. The molecule has 0 spiro atoms. The van der Waals surface area contributed by atoms with Crippen LogP contribution >= 0.6 is 0 Å². The molecular weight excluding hydrogens is 364 g/mol. The van der Waals surface area contributed by atoms with Crippen LogP contribution in [0.5, 0.6) is 11.6 Å². The van der Waals surface area contributed by atoms with Crippen molar-refractivity contribution in [1.29, 1.82) is 0 Å². The first kappa shape index (κ1) is 19.7. The number of hydrogen-bond acceptors (Lipinski definition) is 5. The molecule has 3 aromatic rings. The Morgan fingerprint density at radius 2 is 1.83 bits per heavy atom. The van der Waals surface area contributed by atoms with Gasteiger partial charge in [0.2, 0.25) is 5.88 Å². The Hall–Kier alpha value is -2.60. The number of imidazole rings is 1. The van der Waals surface area contributed by atoms with Gasteiger partial charge in [-0.3, -0.25) is 0 Å². The van der Waals surface area contributed by atoms with Gasteiger partial charge in [0.25, 0.3) is 0 Å². The summed E-state index contributed by atoms with van der Waals surface area (Å²) in [5.41, 5.74) is 2.81. The highest BCUT2D eigenvalue weighted by Gasteiger charge is 2.21. The minimum Gasteiger partial charge on any atom is -0.493 e.